The predicted molar refractivity (Wildman–Crippen MR) is 168 cm³/mol. The monoisotopic (exact) mass is 691 g/mol. The number of aliphatic carboxylic acids is 1. The minimum absolute atomic E-state index is 0.157. The van der Waals surface area contributed by atoms with Crippen LogP contribution in [0.2, 0.25) is 0 Å². The summed E-state index contributed by atoms with van der Waals surface area (Å²) < 4.78 is 94.2. The first-order valence-corrected chi connectivity index (χ1v) is 15.3. The maximum Gasteiger partial charge on any atom is 0.420 e. The summed E-state index contributed by atoms with van der Waals surface area (Å²) in [5, 5.41) is 12.0. The average Bonchev–Trinajstić information content (AvgIpc) is 3.72. The van der Waals surface area contributed by atoms with E-state index >= 15 is 8.78 Å². The van der Waals surface area contributed by atoms with Crippen LogP contribution in [0, 0.1) is 49.6 Å². The van der Waals surface area contributed by atoms with Gasteiger partial charge in [0, 0.05) is 17.2 Å². The number of aryl methyl sites for hydroxylation is 2. The number of nitrogens with two attached hydrogens (primary N) is 1. The van der Waals surface area contributed by atoms with E-state index in [1.807, 2.05) is 0 Å². The number of halogens is 6. The Kier molecular flexibility index (Phi) is 10.6. The minimum Gasteiger partial charge on any atom is -0.489 e. The summed E-state index contributed by atoms with van der Waals surface area (Å²) in [5.74, 6) is -4.98. The van der Waals surface area contributed by atoms with Crippen LogP contribution in [0.1, 0.15) is 79.4 Å². The molecule has 0 aliphatic heterocycles. The van der Waals surface area contributed by atoms with Crippen molar-refractivity contribution >= 4 is 11.9 Å². The number of amides is 1. The van der Waals surface area contributed by atoms with Gasteiger partial charge in [-0.3, -0.25) is 19.0 Å². The van der Waals surface area contributed by atoms with Gasteiger partial charge in [-0.25, -0.2) is 13.2 Å². The highest BCUT2D eigenvalue weighted by atomic mass is 19.4. The van der Waals surface area contributed by atoms with Crippen LogP contribution in [-0.2, 0) is 15.8 Å². The third-order valence-corrected chi connectivity index (χ3v) is 8.29. The molecule has 2 aromatic carbocycles. The number of nitrogens with zero attached hydrogens (tertiary/aromatic N) is 1. The smallest absolute Gasteiger partial charge is 0.420 e. The van der Waals surface area contributed by atoms with Crippen LogP contribution in [0.4, 0.5) is 26.3 Å². The zero-order valence-corrected chi connectivity index (χ0v) is 27.1. The quantitative estimate of drug-likeness (QED) is 0.151. The van der Waals surface area contributed by atoms with E-state index < -0.39 is 87.5 Å². The first kappa shape index (κ1) is 37.1. The fourth-order valence-electron chi connectivity index (χ4n) is 5.68. The number of carbonyl (C=O) groups is 2. The number of hydrogen-bond acceptors (Lipinski definition) is 5. The molecule has 0 spiro atoms. The second-order valence-corrected chi connectivity index (χ2v) is 12.8. The highest BCUT2D eigenvalue weighted by Gasteiger charge is 2.42. The lowest BCUT2D eigenvalue weighted by Gasteiger charge is -2.27. The minimum atomic E-state index is -5.00. The summed E-state index contributed by atoms with van der Waals surface area (Å²) in [6.45, 7) is 5.97. The molecule has 0 bridgehead atoms. The lowest BCUT2D eigenvalue weighted by Crippen LogP contribution is -2.41. The van der Waals surface area contributed by atoms with Crippen LogP contribution in [0.15, 0.2) is 35.3 Å². The van der Waals surface area contributed by atoms with Crippen molar-refractivity contribution in [2.45, 2.75) is 77.2 Å². The summed E-state index contributed by atoms with van der Waals surface area (Å²) in [7, 11) is 0. The zero-order valence-electron chi connectivity index (χ0n) is 27.1. The Morgan fingerprint density at radius 3 is 2.22 bits per heavy atom. The molecule has 1 amide bonds. The molecule has 1 aromatic heterocycles. The van der Waals surface area contributed by atoms with Crippen LogP contribution in [0.3, 0.4) is 0 Å². The van der Waals surface area contributed by atoms with E-state index in [2.05, 4.69) is 11.2 Å². The topological polar surface area (TPSA) is 124 Å². The molecule has 2 atom stereocenters. The van der Waals surface area contributed by atoms with E-state index in [1.54, 1.807) is 13.8 Å². The van der Waals surface area contributed by atoms with Crippen molar-refractivity contribution in [3.8, 4) is 29.2 Å². The van der Waals surface area contributed by atoms with E-state index in [0.717, 1.165) is 24.4 Å². The van der Waals surface area contributed by atoms with Gasteiger partial charge in [0.15, 0.2) is 0 Å². The molecule has 14 heteroatoms. The van der Waals surface area contributed by atoms with Crippen LogP contribution in [0.5, 0.6) is 5.75 Å². The molecular formula is C35H35F6N3O5. The first-order chi connectivity index (χ1) is 22.8. The molecule has 1 fully saturated rings. The number of alkyl halides is 3. The Morgan fingerprint density at radius 2 is 1.71 bits per heavy atom. The number of pyridine rings is 1. The van der Waals surface area contributed by atoms with Crippen LogP contribution in [0.25, 0.3) is 11.1 Å². The summed E-state index contributed by atoms with van der Waals surface area (Å²) in [6, 6.07) is 0.0237. The molecule has 1 aliphatic rings. The number of carboxylic acid groups (broad SMARTS) is 1. The molecular weight excluding hydrogens is 656 g/mol. The van der Waals surface area contributed by atoms with Gasteiger partial charge < -0.3 is 20.9 Å². The van der Waals surface area contributed by atoms with Gasteiger partial charge in [-0.05, 0) is 73.9 Å². The fourth-order valence-corrected chi connectivity index (χ4v) is 5.68. The number of carboxylic acids is 1. The SMILES string of the molecule is C#Cc1cc(-c2c(C)cc(F)cc2C)c(F)c(C(CC(=O)O)NC(=O)C(CC(C)C)n2cc(OCC3(N)CC3)c(C(F)(F)F)cc2=O)c1F. The Labute approximate surface area is 278 Å². The van der Waals surface area contributed by atoms with Crippen LogP contribution in [-0.4, -0.2) is 33.7 Å². The predicted octanol–water partition coefficient (Wildman–Crippen LogP) is 6.34. The normalized spacial score (nSPS) is 15.0. The van der Waals surface area contributed by atoms with Crippen molar-refractivity contribution in [2.24, 2.45) is 11.7 Å². The molecule has 4 rings (SSSR count). The number of terminal acetylenes is 1. The number of benzene rings is 2. The van der Waals surface area contributed by atoms with E-state index in [-0.39, 0.29) is 47.3 Å². The number of ether oxygens (including phenoxy) is 1. The van der Waals surface area contributed by atoms with Crippen molar-refractivity contribution < 1.29 is 45.8 Å². The number of hydrogen-bond donors (Lipinski definition) is 3. The molecule has 2 unspecified atom stereocenters. The highest BCUT2D eigenvalue weighted by molar-refractivity contribution is 5.82. The van der Waals surface area contributed by atoms with E-state index in [0.29, 0.717) is 17.4 Å². The maximum absolute atomic E-state index is 16.4. The van der Waals surface area contributed by atoms with E-state index in [1.165, 1.54) is 13.8 Å². The van der Waals surface area contributed by atoms with Gasteiger partial charge in [-0.1, -0.05) is 19.8 Å². The van der Waals surface area contributed by atoms with Crippen molar-refractivity contribution in [2.75, 3.05) is 6.61 Å². The second kappa shape index (κ2) is 14.0. The van der Waals surface area contributed by atoms with Gasteiger partial charge in [-0.2, -0.15) is 13.2 Å². The highest BCUT2D eigenvalue weighted by Crippen LogP contribution is 2.40. The second-order valence-electron chi connectivity index (χ2n) is 12.8. The van der Waals surface area contributed by atoms with Crippen molar-refractivity contribution in [1.82, 2.24) is 9.88 Å². The molecule has 1 saturated carbocycles. The van der Waals surface area contributed by atoms with Gasteiger partial charge in [0.25, 0.3) is 5.56 Å². The Bertz CT molecular complexity index is 1870. The molecule has 8 nitrogen and oxygen atoms in total. The zero-order chi connectivity index (χ0) is 36.6. The molecule has 0 radical (unpaired) electrons. The summed E-state index contributed by atoms with van der Waals surface area (Å²) in [4.78, 5) is 39.0. The average molecular weight is 692 g/mol. The summed E-state index contributed by atoms with van der Waals surface area (Å²) in [6.07, 6.45) is 1.04. The van der Waals surface area contributed by atoms with Crippen LogP contribution < -0.4 is 21.3 Å². The number of rotatable bonds is 12. The maximum atomic E-state index is 16.4. The molecule has 4 N–H and O–H groups in total. The molecule has 1 heterocycles. The van der Waals surface area contributed by atoms with Gasteiger partial charge in [0.2, 0.25) is 5.91 Å². The van der Waals surface area contributed by atoms with Gasteiger partial charge in [0.05, 0.1) is 29.8 Å². The number of carbonyl (C=O) groups excluding carboxylic acids is 1. The number of aromatic nitrogens is 1. The first-order valence-electron chi connectivity index (χ1n) is 15.3. The molecule has 262 valence electrons. The summed E-state index contributed by atoms with van der Waals surface area (Å²) in [5.41, 5.74) is 1.53. The largest absolute Gasteiger partial charge is 0.489 e. The van der Waals surface area contributed by atoms with Gasteiger partial charge >= 0.3 is 12.1 Å². The van der Waals surface area contributed by atoms with Crippen molar-refractivity contribution in [3.05, 3.63) is 86.1 Å². The van der Waals surface area contributed by atoms with E-state index in [9.17, 15) is 37.1 Å². The van der Waals surface area contributed by atoms with Crippen LogP contribution >= 0.6 is 0 Å². The molecule has 49 heavy (non-hydrogen) atoms. The Hall–Kier alpha value is -4.77. The van der Waals surface area contributed by atoms with Gasteiger partial charge in [-0.15, -0.1) is 6.42 Å². The molecule has 3 aromatic rings. The summed E-state index contributed by atoms with van der Waals surface area (Å²) >= 11 is 0. The third kappa shape index (κ3) is 8.28. The van der Waals surface area contributed by atoms with Gasteiger partial charge in [0.1, 0.15) is 41.4 Å². The molecule has 0 saturated heterocycles. The number of nitrogens with one attached hydrogen (secondary N) is 1. The lowest BCUT2D eigenvalue weighted by atomic mass is 9.89. The Morgan fingerprint density at radius 1 is 1.10 bits per heavy atom. The third-order valence-electron chi connectivity index (χ3n) is 8.29. The van der Waals surface area contributed by atoms with E-state index in [4.69, 9.17) is 16.9 Å². The van der Waals surface area contributed by atoms with Crippen molar-refractivity contribution in [1.29, 1.82) is 0 Å². The fraction of sp³-hybridized carbons (Fsp3) is 0.400. The lowest BCUT2D eigenvalue weighted by molar-refractivity contribution is -0.139. The van der Waals surface area contributed by atoms with Crippen molar-refractivity contribution in [3.63, 3.8) is 0 Å². The molecule has 1 aliphatic carbocycles. The standard InChI is InChI=1S/C35H35F6N3O5/c1-6-20-12-22(29-18(4)10-21(36)11-19(29)5)32(38)30(31(20)37)24(14-28(46)47)43-33(48)25(9-17(2)3)44-15-26(49-16-34(42)7-8-34)23(13-27(44)45)35(39,40)41/h1,10-13,15,17,24-25H,7-9,14,16,42H2,2-5H3,(H,43,48)(H,46,47). The Balaban J connectivity index is 1.85.